The molecule has 0 saturated carbocycles. The normalized spacial score (nSPS) is 17.8. The van der Waals surface area contributed by atoms with Gasteiger partial charge in [-0.15, -0.1) is 21.5 Å². The van der Waals surface area contributed by atoms with Crippen LogP contribution in [0.3, 0.4) is 0 Å². The number of rotatable bonds is 6. The fraction of sp³-hybridized carbons (Fsp3) is 0.500. The summed E-state index contributed by atoms with van der Waals surface area (Å²) in [5.74, 6) is 0.789. The molecule has 1 aliphatic heterocycles. The van der Waals surface area contributed by atoms with Gasteiger partial charge in [0, 0.05) is 6.61 Å². The standard InChI is InChI=1S/C14H17N3O3S2/c1-19-12(18)9-22-14-16-15-13(11-5-3-7-21-11)17(14)8-10-4-2-6-20-10/h3,5,7,10H,2,4,6,8-9H2,1H3/t10-/m0/s1. The van der Waals surface area contributed by atoms with Crippen LogP contribution in [0.2, 0.25) is 0 Å². The number of thioether (sulfide) groups is 1. The Morgan fingerprint density at radius 2 is 2.50 bits per heavy atom. The van der Waals surface area contributed by atoms with Crippen LogP contribution in [0, 0.1) is 0 Å². The van der Waals surface area contributed by atoms with Crippen LogP contribution >= 0.6 is 23.1 Å². The van der Waals surface area contributed by atoms with E-state index >= 15 is 0 Å². The van der Waals surface area contributed by atoms with Gasteiger partial charge in [0.2, 0.25) is 0 Å². The number of esters is 1. The van der Waals surface area contributed by atoms with Crippen LogP contribution in [-0.2, 0) is 20.8 Å². The number of thiophene rings is 1. The first-order valence-electron chi connectivity index (χ1n) is 7.06. The average Bonchev–Trinajstić information content (AvgIpc) is 3.27. The minimum atomic E-state index is -0.269. The quantitative estimate of drug-likeness (QED) is 0.595. The van der Waals surface area contributed by atoms with Crippen LogP contribution < -0.4 is 0 Å². The summed E-state index contributed by atoms with van der Waals surface area (Å²) in [5, 5.41) is 11.3. The van der Waals surface area contributed by atoms with E-state index in [1.165, 1.54) is 18.9 Å². The molecule has 3 rings (SSSR count). The van der Waals surface area contributed by atoms with Gasteiger partial charge in [-0.05, 0) is 24.3 Å². The summed E-state index contributed by atoms with van der Waals surface area (Å²) in [7, 11) is 1.39. The van der Waals surface area contributed by atoms with Crippen molar-refractivity contribution in [3.8, 4) is 10.7 Å². The van der Waals surface area contributed by atoms with Crippen LogP contribution in [-0.4, -0.2) is 46.3 Å². The molecule has 0 bridgehead atoms. The molecule has 0 aromatic carbocycles. The molecule has 6 nitrogen and oxygen atoms in total. The third kappa shape index (κ3) is 3.50. The lowest BCUT2D eigenvalue weighted by atomic mass is 10.2. The summed E-state index contributed by atoms with van der Waals surface area (Å²) >= 11 is 2.97. The summed E-state index contributed by atoms with van der Waals surface area (Å²) in [6.45, 7) is 1.52. The van der Waals surface area contributed by atoms with Gasteiger partial charge in [-0.1, -0.05) is 17.8 Å². The minimum Gasteiger partial charge on any atom is -0.468 e. The Bertz CT molecular complexity index is 621. The summed E-state index contributed by atoms with van der Waals surface area (Å²) in [5.41, 5.74) is 0. The van der Waals surface area contributed by atoms with Gasteiger partial charge < -0.3 is 9.47 Å². The molecule has 2 aromatic rings. The molecular formula is C14H17N3O3S2. The van der Waals surface area contributed by atoms with Crippen LogP contribution in [0.25, 0.3) is 10.7 Å². The highest BCUT2D eigenvalue weighted by molar-refractivity contribution is 7.99. The van der Waals surface area contributed by atoms with Gasteiger partial charge in [0.1, 0.15) is 0 Å². The number of nitrogens with zero attached hydrogens (tertiary/aromatic N) is 3. The first kappa shape index (κ1) is 15.5. The van der Waals surface area contributed by atoms with Crippen molar-refractivity contribution in [2.75, 3.05) is 19.5 Å². The molecule has 0 spiro atoms. The van der Waals surface area contributed by atoms with E-state index in [0.717, 1.165) is 35.3 Å². The molecule has 0 amide bonds. The van der Waals surface area contributed by atoms with Crippen molar-refractivity contribution in [2.24, 2.45) is 0 Å². The van der Waals surface area contributed by atoms with E-state index in [9.17, 15) is 4.79 Å². The Morgan fingerprint density at radius 3 is 3.18 bits per heavy atom. The Labute approximate surface area is 136 Å². The van der Waals surface area contributed by atoms with E-state index in [1.807, 2.05) is 17.5 Å². The first-order valence-corrected chi connectivity index (χ1v) is 8.92. The molecule has 1 aliphatic rings. The van der Waals surface area contributed by atoms with Gasteiger partial charge in [0.25, 0.3) is 0 Å². The van der Waals surface area contributed by atoms with Crippen molar-refractivity contribution in [3.63, 3.8) is 0 Å². The summed E-state index contributed by atoms with van der Waals surface area (Å²) in [4.78, 5) is 12.4. The number of aromatic nitrogens is 3. The zero-order chi connectivity index (χ0) is 15.4. The maximum absolute atomic E-state index is 11.4. The second-order valence-corrected chi connectivity index (χ2v) is 6.78. The Balaban J connectivity index is 1.83. The van der Waals surface area contributed by atoms with Crippen molar-refractivity contribution >= 4 is 29.1 Å². The van der Waals surface area contributed by atoms with Gasteiger partial charge in [-0.25, -0.2) is 0 Å². The molecule has 0 radical (unpaired) electrons. The molecule has 3 heterocycles. The highest BCUT2D eigenvalue weighted by atomic mass is 32.2. The van der Waals surface area contributed by atoms with Crippen molar-refractivity contribution < 1.29 is 14.3 Å². The van der Waals surface area contributed by atoms with Crippen LogP contribution in [0.4, 0.5) is 0 Å². The van der Waals surface area contributed by atoms with Gasteiger partial charge in [0.15, 0.2) is 11.0 Å². The fourth-order valence-corrected chi connectivity index (χ4v) is 3.82. The SMILES string of the molecule is COC(=O)CSc1nnc(-c2cccs2)n1C[C@@H]1CCCO1. The zero-order valence-electron chi connectivity index (χ0n) is 12.2. The topological polar surface area (TPSA) is 66.2 Å². The molecule has 0 unspecified atom stereocenters. The van der Waals surface area contributed by atoms with E-state index in [4.69, 9.17) is 4.74 Å². The Morgan fingerprint density at radius 1 is 1.59 bits per heavy atom. The molecule has 1 fully saturated rings. The highest BCUT2D eigenvalue weighted by Crippen LogP contribution is 2.29. The number of methoxy groups -OCH3 is 1. The van der Waals surface area contributed by atoms with Crippen LogP contribution in [0.15, 0.2) is 22.7 Å². The first-order chi connectivity index (χ1) is 10.8. The van der Waals surface area contributed by atoms with Crippen molar-refractivity contribution in [1.29, 1.82) is 0 Å². The maximum Gasteiger partial charge on any atom is 0.316 e. The van der Waals surface area contributed by atoms with Crippen molar-refractivity contribution in [1.82, 2.24) is 14.8 Å². The third-order valence-corrected chi connectivity index (χ3v) is 5.22. The van der Waals surface area contributed by atoms with Crippen LogP contribution in [0.5, 0.6) is 0 Å². The number of hydrogen-bond acceptors (Lipinski definition) is 7. The molecule has 0 aliphatic carbocycles. The largest absolute Gasteiger partial charge is 0.468 e. The Kier molecular flexibility index (Phi) is 5.12. The van der Waals surface area contributed by atoms with Crippen molar-refractivity contribution in [3.05, 3.63) is 17.5 Å². The van der Waals surface area contributed by atoms with E-state index in [1.54, 1.807) is 11.3 Å². The zero-order valence-corrected chi connectivity index (χ0v) is 13.9. The lowest BCUT2D eigenvalue weighted by Crippen LogP contribution is -2.17. The molecule has 8 heteroatoms. The summed E-state index contributed by atoms with van der Waals surface area (Å²) in [6.07, 6.45) is 2.32. The predicted molar refractivity (Wildman–Crippen MR) is 85.0 cm³/mol. The Hall–Kier alpha value is -1.38. The number of carbonyl (C=O) groups is 1. The number of hydrogen-bond donors (Lipinski definition) is 0. The predicted octanol–water partition coefficient (Wildman–Crippen LogP) is 2.45. The lowest BCUT2D eigenvalue weighted by molar-refractivity contribution is -0.137. The van der Waals surface area contributed by atoms with Gasteiger partial charge in [-0.3, -0.25) is 9.36 Å². The van der Waals surface area contributed by atoms with E-state index < -0.39 is 0 Å². The summed E-state index contributed by atoms with van der Waals surface area (Å²) < 4.78 is 12.5. The summed E-state index contributed by atoms with van der Waals surface area (Å²) in [6, 6.07) is 4.02. The maximum atomic E-state index is 11.4. The molecule has 22 heavy (non-hydrogen) atoms. The highest BCUT2D eigenvalue weighted by Gasteiger charge is 2.22. The smallest absolute Gasteiger partial charge is 0.316 e. The molecular weight excluding hydrogens is 322 g/mol. The lowest BCUT2D eigenvalue weighted by Gasteiger charge is -2.13. The molecule has 118 valence electrons. The average molecular weight is 339 g/mol. The van der Waals surface area contributed by atoms with Crippen molar-refractivity contribution in [2.45, 2.75) is 30.6 Å². The molecule has 2 aromatic heterocycles. The second-order valence-electron chi connectivity index (χ2n) is 4.89. The minimum absolute atomic E-state index is 0.187. The van der Waals surface area contributed by atoms with E-state index in [2.05, 4.69) is 19.5 Å². The third-order valence-electron chi connectivity index (χ3n) is 3.42. The number of carbonyl (C=O) groups excluding carboxylic acids is 1. The van der Waals surface area contributed by atoms with Gasteiger partial charge >= 0.3 is 5.97 Å². The number of ether oxygens (including phenoxy) is 2. The molecule has 1 atom stereocenters. The van der Waals surface area contributed by atoms with E-state index in [0.29, 0.717) is 6.54 Å². The fourth-order valence-electron chi connectivity index (χ4n) is 2.32. The van der Waals surface area contributed by atoms with E-state index in [-0.39, 0.29) is 17.8 Å². The molecule has 1 saturated heterocycles. The van der Waals surface area contributed by atoms with Gasteiger partial charge in [-0.2, -0.15) is 0 Å². The van der Waals surface area contributed by atoms with Crippen LogP contribution in [0.1, 0.15) is 12.8 Å². The second kappa shape index (κ2) is 7.26. The monoisotopic (exact) mass is 339 g/mol. The molecule has 0 N–H and O–H groups in total. The van der Waals surface area contributed by atoms with Gasteiger partial charge in [0.05, 0.1) is 30.4 Å².